The molecule has 1 aliphatic heterocycles. The molecule has 114 valence electrons. The molecule has 0 radical (unpaired) electrons. The molecule has 4 rings (SSSR count). The summed E-state index contributed by atoms with van der Waals surface area (Å²) in [6, 6.07) is 6.61. The third-order valence-electron chi connectivity index (χ3n) is 4.60. The second-order valence-corrected chi connectivity index (χ2v) is 5.98. The molecule has 1 atom stereocenters. The summed E-state index contributed by atoms with van der Waals surface area (Å²) in [5, 5.41) is 7.75. The van der Waals surface area contributed by atoms with Gasteiger partial charge in [-0.15, -0.1) is 0 Å². The van der Waals surface area contributed by atoms with E-state index in [1.54, 1.807) is 0 Å². The number of hydrogen-bond acceptors (Lipinski definition) is 5. The van der Waals surface area contributed by atoms with E-state index in [-0.39, 0.29) is 0 Å². The second kappa shape index (κ2) is 5.53. The highest BCUT2D eigenvalue weighted by Gasteiger charge is 2.20. The molecule has 1 aliphatic rings. The highest BCUT2D eigenvalue weighted by atomic mass is 16.6. The summed E-state index contributed by atoms with van der Waals surface area (Å²) in [7, 11) is 2.22. The maximum absolute atomic E-state index is 4.76. The molecule has 0 bridgehead atoms. The van der Waals surface area contributed by atoms with E-state index < -0.39 is 0 Å². The van der Waals surface area contributed by atoms with Crippen LogP contribution in [0.3, 0.4) is 0 Å². The fourth-order valence-electron chi connectivity index (χ4n) is 3.30. The van der Waals surface area contributed by atoms with Gasteiger partial charge in [-0.2, -0.15) is 0 Å². The number of rotatable bonds is 4. The van der Waals surface area contributed by atoms with E-state index in [2.05, 4.69) is 38.0 Å². The van der Waals surface area contributed by atoms with Gasteiger partial charge in [0.15, 0.2) is 0 Å². The van der Waals surface area contributed by atoms with Crippen LogP contribution in [0.1, 0.15) is 19.3 Å². The van der Waals surface area contributed by atoms with E-state index in [0.717, 1.165) is 35.4 Å². The standard InChI is InChI=1S/C16H19N5O/c1-20-8-2-3-13(20)6-9-21-10-7-17-16(21)12-4-5-14-15(11-12)19-22-18-14/h4-5,7,10-11,13H,2-3,6,8-9H2,1H3/t13-/m1/s1. The van der Waals surface area contributed by atoms with Gasteiger partial charge >= 0.3 is 0 Å². The number of aromatic nitrogens is 4. The number of imidazole rings is 1. The van der Waals surface area contributed by atoms with Crippen molar-refractivity contribution in [2.24, 2.45) is 0 Å². The van der Waals surface area contributed by atoms with Crippen LogP contribution in [-0.4, -0.2) is 44.4 Å². The molecule has 6 nitrogen and oxygen atoms in total. The van der Waals surface area contributed by atoms with E-state index in [1.165, 1.54) is 19.4 Å². The molecule has 6 heteroatoms. The summed E-state index contributed by atoms with van der Waals surface area (Å²) in [4.78, 5) is 6.97. The van der Waals surface area contributed by atoms with Crippen LogP contribution in [0.25, 0.3) is 22.4 Å². The minimum atomic E-state index is 0.692. The van der Waals surface area contributed by atoms with Crippen molar-refractivity contribution in [2.45, 2.75) is 31.8 Å². The molecule has 2 aromatic heterocycles. The Labute approximate surface area is 128 Å². The molecule has 1 saturated heterocycles. The molecular formula is C16H19N5O. The monoisotopic (exact) mass is 297 g/mol. The number of nitrogens with zero attached hydrogens (tertiary/aromatic N) is 5. The van der Waals surface area contributed by atoms with Gasteiger partial charge in [-0.1, -0.05) is 0 Å². The Morgan fingerprint density at radius 2 is 2.18 bits per heavy atom. The third-order valence-corrected chi connectivity index (χ3v) is 4.60. The summed E-state index contributed by atoms with van der Waals surface area (Å²) in [5.74, 6) is 0.977. The summed E-state index contributed by atoms with van der Waals surface area (Å²) in [6.07, 6.45) is 7.69. The molecule has 1 aromatic carbocycles. The fourth-order valence-corrected chi connectivity index (χ4v) is 3.30. The Morgan fingerprint density at radius 1 is 1.27 bits per heavy atom. The lowest BCUT2D eigenvalue weighted by Crippen LogP contribution is -2.26. The van der Waals surface area contributed by atoms with E-state index in [1.807, 2.05) is 24.4 Å². The van der Waals surface area contributed by atoms with Crippen LogP contribution in [0.4, 0.5) is 0 Å². The molecule has 3 heterocycles. The molecule has 0 N–H and O–H groups in total. The van der Waals surface area contributed by atoms with Gasteiger partial charge in [-0.05, 0) is 61.4 Å². The average molecular weight is 297 g/mol. The summed E-state index contributed by atoms with van der Waals surface area (Å²) < 4.78 is 6.98. The minimum absolute atomic E-state index is 0.692. The van der Waals surface area contributed by atoms with E-state index in [0.29, 0.717) is 6.04 Å². The highest BCUT2D eigenvalue weighted by Crippen LogP contribution is 2.23. The van der Waals surface area contributed by atoms with Gasteiger partial charge in [0, 0.05) is 30.5 Å². The average Bonchev–Trinajstić information content (AvgIpc) is 3.24. The zero-order valence-corrected chi connectivity index (χ0v) is 12.6. The Hall–Kier alpha value is -2.21. The number of benzene rings is 1. The zero-order chi connectivity index (χ0) is 14.9. The molecule has 1 fully saturated rings. The van der Waals surface area contributed by atoms with Gasteiger partial charge < -0.3 is 9.47 Å². The van der Waals surface area contributed by atoms with Gasteiger partial charge in [0.1, 0.15) is 16.9 Å². The first-order valence-corrected chi connectivity index (χ1v) is 7.75. The van der Waals surface area contributed by atoms with Crippen molar-refractivity contribution in [1.29, 1.82) is 0 Å². The van der Waals surface area contributed by atoms with Crippen LogP contribution in [0.15, 0.2) is 35.2 Å². The number of fused-ring (bicyclic) bond motifs is 1. The smallest absolute Gasteiger partial charge is 0.139 e. The van der Waals surface area contributed by atoms with E-state index >= 15 is 0 Å². The summed E-state index contributed by atoms with van der Waals surface area (Å²) in [5.41, 5.74) is 2.59. The Morgan fingerprint density at radius 3 is 3.05 bits per heavy atom. The Bertz CT molecular complexity index is 778. The molecule has 3 aromatic rings. The molecule has 0 saturated carbocycles. The Kier molecular flexibility index (Phi) is 3.38. The highest BCUT2D eigenvalue weighted by molar-refractivity contribution is 5.78. The van der Waals surface area contributed by atoms with Gasteiger partial charge in [0.2, 0.25) is 0 Å². The first-order valence-electron chi connectivity index (χ1n) is 7.75. The Balaban J connectivity index is 1.56. The largest absolute Gasteiger partial charge is 0.331 e. The normalized spacial score (nSPS) is 19.2. The SMILES string of the molecule is CN1CCC[C@@H]1CCn1ccnc1-c1ccc2nonc2c1. The zero-order valence-electron chi connectivity index (χ0n) is 12.6. The first-order chi connectivity index (χ1) is 10.8. The molecule has 0 spiro atoms. The van der Waals surface area contributed by atoms with Crippen molar-refractivity contribution in [3.05, 3.63) is 30.6 Å². The molecule has 0 amide bonds. The molecule has 0 unspecified atom stereocenters. The van der Waals surface area contributed by atoms with Crippen molar-refractivity contribution >= 4 is 11.0 Å². The quantitative estimate of drug-likeness (QED) is 0.740. The summed E-state index contributed by atoms with van der Waals surface area (Å²) in [6.45, 7) is 2.21. The van der Waals surface area contributed by atoms with Crippen LogP contribution in [0.2, 0.25) is 0 Å². The predicted molar refractivity (Wildman–Crippen MR) is 83.3 cm³/mol. The lowest BCUT2D eigenvalue weighted by molar-refractivity contribution is 0.286. The van der Waals surface area contributed by atoms with Crippen molar-refractivity contribution < 1.29 is 4.63 Å². The topological polar surface area (TPSA) is 60.0 Å². The first kappa shape index (κ1) is 13.5. The van der Waals surface area contributed by atoms with E-state index in [9.17, 15) is 0 Å². The van der Waals surface area contributed by atoms with Crippen LogP contribution in [0.5, 0.6) is 0 Å². The number of aryl methyl sites for hydroxylation is 1. The van der Waals surface area contributed by atoms with Crippen molar-refractivity contribution in [1.82, 2.24) is 24.8 Å². The fraction of sp³-hybridized carbons (Fsp3) is 0.438. The van der Waals surface area contributed by atoms with Gasteiger partial charge in [0.25, 0.3) is 0 Å². The van der Waals surface area contributed by atoms with E-state index in [4.69, 9.17) is 4.63 Å². The van der Waals surface area contributed by atoms with Crippen molar-refractivity contribution in [3.63, 3.8) is 0 Å². The number of hydrogen-bond donors (Lipinski definition) is 0. The molecule has 0 aliphatic carbocycles. The van der Waals surface area contributed by atoms with Crippen LogP contribution in [-0.2, 0) is 6.54 Å². The van der Waals surface area contributed by atoms with Crippen LogP contribution >= 0.6 is 0 Å². The van der Waals surface area contributed by atoms with Crippen molar-refractivity contribution in [3.8, 4) is 11.4 Å². The maximum atomic E-state index is 4.76. The van der Waals surface area contributed by atoms with Crippen LogP contribution < -0.4 is 0 Å². The summed E-state index contributed by atoms with van der Waals surface area (Å²) >= 11 is 0. The lowest BCUT2D eigenvalue weighted by atomic mass is 10.1. The predicted octanol–water partition coefficient (Wildman–Crippen LogP) is 2.57. The maximum Gasteiger partial charge on any atom is 0.139 e. The lowest BCUT2D eigenvalue weighted by Gasteiger charge is -2.19. The molecular weight excluding hydrogens is 278 g/mol. The number of likely N-dealkylation sites (tertiary alicyclic amines) is 1. The minimum Gasteiger partial charge on any atom is -0.331 e. The van der Waals surface area contributed by atoms with Gasteiger partial charge in [-0.3, -0.25) is 0 Å². The van der Waals surface area contributed by atoms with Gasteiger partial charge in [0.05, 0.1) is 0 Å². The second-order valence-electron chi connectivity index (χ2n) is 5.98. The van der Waals surface area contributed by atoms with Crippen molar-refractivity contribution in [2.75, 3.05) is 13.6 Å². The molecule has 22 heavy (non-hydrogen) atoms. The third kappa shape index (κ3) is 2.39. The van der Waals surface area contributed by atoms with Gasteiger partial charge in [-0.25, -0.2) is 9.61 Å². The van der Waals surface area contributed by atoms with Crippen LogP contribution in [0, 0.1) is 0 Å².